The minimum atomic E-state index is -0.145. The molecule has 4 aromatic rings. The van der Waals surface area contributed by atoms with Gasteiger partial charge in [0, 0.05) is 23.6 Å². The zero-order valence-electron chi connectivity index (χ0n) is 18.3. The SMILES string of the molecule is Cc1cccc(C)c1OCCn1c(CCNC(=O)c2cccc(Cl)c2)nc2ccccc21. The van der Waals surface area contributed by atoms with Gasteiger partial charge >= 0.3 is 0 Å². The Labute approximate surface area is 193 Å². The molecule has 1 heterocycles. The van der Waals surface area contributed by atoms with E-state index >= 15 is 0 Å². The van der Waals surface area contributed by atoms with E-state index in [0.29, 0.717) is 36.7 Å². The van der Waals surface area contributed by atoms with Gasteiger partial charge in [0.05, 0.1) is 17.6 Å². The summed E-state index contributed by atoms with van der Waals surface area (Å²) in [5, 5.41) is 3.51. The molecule has 1 aromatic heterocycles. The van der Waals surface area contributed by atoms with E-state index in [0.717, 1.165) is 33.7 Å². The number of para-hydroxylation sites is 3. The highest BCUT2D eigenvalue weighted by molar-refractivity contribution is 6.30. The van der Waals surface area contributed by atoms with Gasteiger partial charge in [0.15, 0.2) is 0 Å². The molecule has 32 heavy (non-hydrogen) atoms. The van der Waals surface area contributed by atoms with E-state index in [1.54, 1.807) is 24.3 Å². The lowest BCUT2D eigenvalue weighted by atomic mass is 10.1. The zero-order valence-corrected chi connectivity index (χ0v) is 19.0. The fourth-order valence-corrected chi connectivity index (χ4v) is 4.04. The average molecular weight is 448 g/mol. The van der Waals surface area contributed by atoms with Crippen molar-refractivity contribution in [1.82, 2.24) is 14.9 Å². The van der Waals surface area contributed by atoms with Gasteiger partial charge in [-0.05, 0) is 55.3 Å². The first-order chi connectivity index (χ1) is 15.5. The molecule has 6 heteroatoms. The molecule has 1 N–H and O–H groups in total. The van der Waals surface area contributed by atoms with Crippen LogP contribution in [0.1, 0.15) is 27.3 Å². The zero-order chi connectivity index (χ0) is 22.5. The molecule has 0 aliphatic heterocycles. The molecular weight excluding hydrogens is 422 g/mol. The summed E-state index contributed by atoms with van der Waals surface area (Å²) < 4.78 is 8.30. The van der Waals surface area contributed by atoms with E-state index in [1.807, 2.05) is 24.3 Å². The van der Waals surface area contributed by atoms with Crippen LogP contribution >= 0.6 is 11.6 Å². The molecule has 0 aliphatic carbocycles. The second-order valence-corrected chi connectivity index (χ2v) is 8.19. The number of aryl methyl sites for hydroxylation is 2. The normalized spacial score (nSPS) is 11.0. The molecular formula is C26H26ClN3O2. The Balaban J connectivity index is 1.45. The smallest absolute Gasteiger partial charge is 0.251 e. The summed E-state index contributed by atoms with van der Waals surface area (Å²) >= 11 is 5.99. The number of halogens is 1. The number of rotatable bonds is 8. The average Bonchev–Trinajstić information content (AvgIpc) is 3.13. The maximum atomic E-state index is 12.4. The van der Waals surface area contributed by atoms with E-state index in [4.69, 9.17) is 21.3 Å². The van der Waals surface area contributed by atoms with E-state index in [1.165, 1.54) is 0 Å². The van der Waals surface area contributed by atoms with Crippen molar-refractivity contribution >= 4 is 28.5 Å². The van der Waals surface area contributed by atoms with Crippen LogP contribution in [0.5, 0.6) is 5.75 Å². The van der Waals surface area contributed by atoms with Gasteiger partial charge in [-0.2, -0.15) is 0 Å². The highest BCUT2D eigenvalue weighted by Gasteiger charge is 2.12. The molecule has 0 atom stereocenters. The molecule has 0 bridgehead atoms. The number of carbonyl (C=O) groups excluding carboxylic acids is 1. The standard InChI is InChI=1S/C26H26ClN3O2/c1-18-7-5-8-19(2)25(18)32-16-15-30-23-12-4-3-11-22(23)29-24(30)13-14-28-26(31)20-9-6-10-21(27)17-20/h3-12,17H,13-16H2,1-2H3,(H,28,31). The van der Waals surface area contributed by atoms with Crippen LogP contribution in [-0.4, -0.2) is 28.6 Å². The van der Waals surface area contributed by atoms with E-state index < -0.39 is 0 Å². The Morgan fingerprint density at radius 2 is 1.78 bits per heavy atom. The predicted octanol–water partition coefficient (Wildman–Crippen LogP) is 5.36. The fourth-order valence-electron chi connectivity index (χ4n) is 3.85. The van der Waals surface area contributed by atoms with Gasteiger partial charge in [0.2, 0.25) is 0 Å². The minimum Gasteiger partial charge on any atom is -0.491 e. The van der Waals surface area contributed by atoms with Crippen molar-refractivity contribution in [3.05, 3.63) is 94.3 Å². The third kappa shape index (κ3) is 4.94. The molecule has 5 nitrogen and oxygen atoms in total. The molecule has 1 amide bonds. The summed E-state index contributed by atoms with van der Waals surface area (Å²) in [6.45, 7) is 5.80. The number of imidazole rings is 1. The molecule has 4 rings (SSSR count). The van der Waals surface area contributed by atoms with Gasteiger partial charge in [-0.1, -0.05) is 48.0 Å². The Morgan fingerprint density at radius 1 is 1.03 bits per heavy atom. The van der Waals surface area contributed by atoms with Crippen LogP contribution in [0, 0.1) is 13.8 Å². The van der Waals surface area contributed by atoms with Crippen molar-refractivity contribution in [3.8, 4) is 5.75 Å². The summed E-state index contributed by atoms with van der Waals surface area (Å²) in [4.78, 5) is 17.2. The first-order valence-corrected chi connectivity index (χ1v) is 11.1. The van der Waals surface area contributed by atoms with Crippen LogP contribution < -0.4 is 10.1 Å². The van der Waals surface area contributed by atoms with Crippen molar-refractivity contribution in [3.63, 3.8) is 0 Å². The highest BCUT2D eigenvalue weighted by atomic mass is 35.5. The molecule has 3 aromatic carbocycles. The number of ether oxygens (including phenoxy) is 1. The number of benzene rings is 3. The van der Waals surface area contributed by atoms with Gasteiger partial charge in [0.1, 0.15) is 18.2 Å². The number of nitrogens with one attached hydrogen (secondary N) is 1. The second kappa shape index (κ2) is 9.88. The first kappa shape index (κ1) is 21.9. The van der Waals surface area contributed by atoms with Crippen LogP contribution in [0.15, 0.2) is 66.7 Å². The number of aromatic nitrogens is 2. The molecule has 0 unspecified atom stereocenters. The maximum absolute atomic E-state index is 12.4. The quantitative estimate of drug-likeness (QED) is 0.395. The van der Waals surface area contributed by atoms with Crippen molar-refractivity contribution in [1.29, 1.82) is 0 Å². The number of hydrogen-bond acceptors (Lipinski definition) is 3. The third-order valence-corrected chi connectivity index (χ3v) is 5.66. The number of hydrogen-bond donors (Lipinski definition) is 1. The Bertz CT molecular complexity index is 1230. The molecule has 0 saturated carbocycles. The first-order valence-electron chi connectivity index (χ1n) is 10.7. The van der Waals surface area contributed by atoms with Gasteiger partial charge in [-0.15, -0.1) is 0 Å². The van der Waals surface area contributed by atoms with Gasteiger partial charge in [-0.3, -0.25) is 4.79 Å². The topological polar surface area (TPSA) is 56.1 Å². The van der Waals surface area contributed by atoms with Crippen LogP contribution in [0.2, 0.25) is 5.02 Å². The van der Waals surface area contributed by atoms with Crippen molar-refractivity contribution in [2.24, 2.45) is 0 Å². The van der Waals surface area contributed by atoms with Crippen LogP contribution in [-0.2, 0) is 13.0 Å². The predicted molar refractivity (Wildman–Crippen MR) is 129 cm³/mol. The minimum absolute atomic E-state index is 0.145. The summed E-state index contributed by atoms with van der Waals surface area (Å²) in [6.07, 6.45) is 0.615. The van der Waals surface area contributed by atoms with Crippen molar-refractivity contribution < 1.29 is 9.53 Å². The Hall–Kier alpha value is -3.31. The summed E-state index contributed by atoms with van der Waals surface area (Å²) in [6, 6.07) is 21.2. The lowest BCUT2D eigenvalue weighted by Crippen LogP contribution is -2.26. The monoisotopic (exact) mass is 447 g/mol. The number of nitrogens with zero attached hydrogens (tertiary/aromatic N) is 2. The van der Waals surface area contributed by atoms with E-state index in [-0.39, 0.29) is 5.91 Å². The van der Waals surface area contributed by atoms with E-state index in [2.05, 4.69) is 41.9 Å². The molecule has 164 valence electrons. The van der Waals surface area contributed by atoms with Crippen molar-refractivity contribution in [2.45, 2.75) is 26.8 Å². The highest BCUT2D eigenvalue weighted by Crippen LogP contribution is 2.23. The van der Waals surface area contributed by atoms with Crippen LogP contribution in [0.4, 0.5) is 0 Å². The molecule has 0 spiro atoms. The van der Waals surface area contributed by atoms with E-state index in [9.17, 15) is 4.79 Å². The largest absolute Gasteiger partial charge is 0.491 e. The lowest BCUT2D eigenvalue weighted by Gasteiger charge is -2.14. The molecule has 0 saturated heterocycles. The number of carbonyl (C=O) groups is 1. The summed E-state index contributed by atoms with van der Waals surface area (Å²) in [5.74, 6) is 1.71. The Morgan fingerprint density at radius 3 is 2.56 bits per heavy atom. The summed E-state index contributed by atoms with van der Waals surface area (Å²) in [7, 11) is 0. The van der Waals surface area contributed by atoms with Gasteiger partial charge in [0.25, 0.3) is 5.91 Å². The summed E-state index contributed by atoms with van der Waals surface area (Å²) in [5.41, 5.74) is 4.81. The van der Waals surface area contributed by atoms with Crippen molar-refractivity contribution in [2.75, 3.05) is 13.2 Å². The third-order valence-electron chi connectivity index (χ3n) is 5.42. The Kier molecular flexibility index (Phi) is 6.76. The van der Waals surface area contributed by atoms with Crippen LogP contribution in [0.25, 0.3) is 11.0 Å². The number of amides is 1. The molecule has 0 radical (unpaired) electrons. The molecule has 0 fully saturated rings. The van der Waals surface area contributed by atoms with Gasteiger partial charge < -0.3 is 14.6 Å². The fraction of sp³-hybridized carbons (Fsp3) is 0.231. The van der Waals surface area contributed by atoms with Gasteiger partial charge in [-0.25, -0.2) is 4.98 Å². The second-order valence-electron chi connectivity index (χ2n) is 7.75. The molecule has 0 aliphatic rings. The number of fused-ring (bicyclic) bond motifs is 1. The maximum Gasteiger partial charge on any atom is 0.251 e. The lowest BCUT2D eigenvalue weighted by molar-refractivity contribution is 0.0954. The van der Waals surface area contributed by atoms with Crippen LogP contribution in [0.3, 0.4) is 0 Å².